The first-order valence-corrected chi connectivity index (χ1v) is 18.9. The van der Waals surface area contributed by atoms with Crippen molar-refractivity contribution in [1.82, 2.24) is 19.5 Å². The van der Waals surface area contributed by atoms with Crippen LogP contribution in [0.2, 0.25) is 0 Å². The standard InChI is InChI=1S/C36H46N4O9S/c1-5-23-19-36(23,34(45)38-50(46,47)25-12-13-25)37-32(43)28-17-24-20-40(28)30(41)14-15-31(42)48-21-35(2,3)16-7-6-9-22-10-8-11-27-26(22)18-29(39(27)4)33(44)49-24/h5,8,10-11,18,23-25,28H,1,6-7,9,12-17,19-21H2,2-4H3,(H,37,43)(H,38,45)/t23-,24-,28+,36-/m1/s1. The van der Waals surface area contributed by atoms with Crippen molar-refractivity contribution >= 4 is 50.6 Å². The Labute approximate surface area is 292 Å². The summed E-state index contributed by atoms with van der Waals surface area (Å²) in [6.45, 7) is 7.89. The molecule has 2 saturated carbocycles. The number of sulfonamides is 1. The highest BCUT2D eigenvalue weighted by Crippen LogP contribution is 2.45. The molecule has 2 aliphatic heterocycles. The number of nitrogens with zero attached hydrogens (tertiary/aromatic N) is 2. The zero-order valence-electron chi connectivity index (χ0n) is 28.9. The van der Waals surface area contributed by atoms with E-state index >= 15 is 0 Å². The summed E-state index contributed by atoms with van der Waals surface area (Å²) in [5, 5.41) is 3.02. The minimum atomic E-state index is -3.89. The van der Waals surface area contributed by atoms with Crippen molar-refractivity contribution in [2.45, 2.75) is 101 Å². The van der Waals surface area contributed by atoms with Crippen LogP contribution in [0.15, 0.2) is 36.9 Å². The van der Waals surface area contributed by atoms with Gasteiger partial charge in [-0.3, -0.25) is 23.9 Å². The van der Waals surface area contributed by atoms with Gasteiger partial charge in [0.25, 0.3) is 5.91 Å². The van der Waals surface area contributed by atoms with Crippen LogP contribution in [0, 0.1) is 11.3 Å². The van der Waals surface area contributed by atoms with Crippen molar-refractivity contribution in [3.8, 4) is 0 Å². The molecule has 4 bridgehead atoms. The highest BCUT2D eigenvalue weighted by molar-refractivity contribution is 7.91. The highest BCUT2D eigenvalue weighted by atomic mass is 32.2. The molecule has 3 amide bonds. The number of hydrogen-bond acceptors (Lipinski definition) is 9. The lowest BCUT2D eigenvalue weighted by atomic mass is 9.87. The number of rotatable bonds is 6. The zero-order chi connectivity index (χ0) is 36.0. The molecule has 2 aromatic rings. The van der Waals surface area contributed by atoms with E-state index < -0.39 is 68.5 Å². The average Bonchev–Trinajstić information content (AvgIpc) is 3.97. The fourth-order valence-electron chi connectivity index (χ4n) is 7.17. The molecular weight excluding hydrogens is 664 g/mol. The first kappa shape index (κ1) is 35.6. The molecule has 270 valence electrons. The van der Waals surface area contributed by atoms with Gasteiger partial charge in [-0.05, 0) is 61.6 Å². The summed E-state index contributed by atoms with van der Waals surface area (Å²) in [6, 6.07) is 6.61. The molecule has 1 aromatic heterocycles. The van der Waals surface area contributed by atoms with E-state index in [1.54, 1.807) is 11.6 Å². The van der Waals surface area contributed by atoms with Crippen LogP contribution in [0.5, 0.6) is 0 Å². The van der Waals surface area contributed by atoms with Crippen molar-refractivity contribution in [1.29, 1.82) is 0 Å². The Balaban J connectivity index is 1.26. The maximum atomic E-state index is 13.9. The Morgan fingerprint density at radius 2 is 1.84 bits per heavy atom. The van der Waals surface area contributed by atoms with Gasteiger partial charge in [-0.15, -0.1) is 6.58 Å². The second kappa shape index (κ2) is 13.5. The summed E-state index contributed by atoms with van der Waals surface area (Å²) in [5.41, 5.74) is 0.489. The average molecular weight is 711 g/mol. The van der Waals surface area contributed by atoms with E-state index in [-0.39, 0.29) is 44.2 Å². The van der Waals surface area contributed by atoms with E-state index in [9.17, 15) is 32.4 Å². The summed E-state index contributed by atoms with van der Waals surface area (Å²) in [5.74, 6) is -3.74. The molecule has 4 atom stereocenters. The van der Waals surface area contributed by atoms with Gasteiger partial charge >= 0.3 is 11.9 Å². The van der Waals surface area contributed by atoms with Gasteiger partial charge in [0.05, 0.1) is 24.8 Å². The van der Waals surface area contributed by atoms with Crippen molar-refractivity contribution in [3.05, 3.63) is 48.2 Å². The largest absolute Gasteiger partial charge is 0.465 e. The third kappa shape index (κ3) is 7.31. The number of carbonyl (C=O) groups excluding carboxylic acids is 5. The number of aromatic nitrogens is 1. The van der Waals surface area contributed by atoms with Crippen molar-refractivity contribution in [3.63, 3.8) is 0 Å². The molecule has 0 radical (unpaired) electrons. The van der Waals surface area contributed by atoms with Crippen LogP contribution in [0.4, 0.5) is 0 Å². The van der Waals surface area contributed by atoms with Gasteiger partial charge in [-0.2, -0.15) is 0 Å². The molecule has 1 saturated heterocycles. The Morgan fingerprint density at radius 3 is 2.54 bits per heavy atom. The summed E-state index contributed by atoms with van der Waals surface area (Å²) < 4.78 is 40.5. The summed E-state index contributed by atoms with van der Waals surface area (Å²) in [4.78, 5) is 68.4. The Hall–Kier alpha value is -4.20. The number of hydrogen-bond donors (Lipinski definition) is 2. The molecule has 0 unspecified atom stereocenters. The lowest BCUT2D eigenvalue weighted by Crippen LogP contribution is -2.56. The second-order valence-electron chi connectivity index (χ2n) is 15.0. The Kier molecular flexibility index (Phi) is 9.61. The fraction of sp³-hybridized carbons (Fsp3) is 0.583. The molecule has 13 nitrogen and oxygen atoms in total. The lowest BCUT2D eigenvalue weighted by Gasteiger charge is -2.26. The first-order chi connectivity index (χ1) is 23.6. The lowest BCUT2D eigenvalue weighted by molar-refractivity contribution is -0.149. The molecule has 4 aliphatic rings. The zero-order valence-corrected chi connectivity index (χ0v) is 29.7. The number of amides is 3. The SMILES string of the molecule is C=C[C@@H]1C[C@]1(NC(=O)[C@@H]1C[C@@H]2CN1C(=O)CCC(=O)OCC(C)(C)CCCCc1cccc3c1cc(n3C)C(=O)O2)C(=O)NS(=O)(=O)C1CC1. The Bertz CT molecular complexity index is 1850. The monoisotopic (exact) mass is 710 g/mol. The number of benzene rings is 1. The van der Waals surface area contributed by atoms with E-state index in [2.05, 4.69) is 16.6 Å². The maximum Gasteiger partial charge on any atom is 0.355 e. The van der Waals surface area contributed by atoms with E-state index in [1.807, 2.05) is 38.1 Å². The highest BCUT2D eigenvalue weighted by Gasteiger charge is 2.62. The Morgan fingerprint density at radius 1 is 1.08 bits per heavy atom. The molecule has 1 aromatic carbocycles. The molecule has 2 N–H and O–H groups in total. The number of ether oxygens (including phenoxy) is 2. The molecule has 2 aliphatic carbocycles. The number of carbonyl (C=O) groups is 5. The van der Waals surface area contributed by atoms with Crippen LogP contribution in [0.25, 0.3) is 10.9 Å². The van der Waals surface area contributed by atoms with Crippen LogP contribution in [0.1, 0.15) is 87.7 Å². The third-order valence-corrected chi connectivity index (χ3v) is 12.3. The normalized spacial score (nSPS) is 27.7. The third-order valence-electron chi connectivity index (χ3n) is 10.5. The molecule has 6 rings (SSSR count). The van der Waals surface area contributed by atoms with Crippen molar-refractivity contribution in [2.75, 3.05) is 13.2 Å². The van der Waals surface area contributed by atoms with E-state index in [0.29, 0.717) is 18.5 Å². The number of aryl methyl sites for hydroxylation is 2. The van der Waals surface area contributed by atoms with Gasteiger partial charge in [0.15, 0.2) is 0 Å². The van der Waals surface area contributed by atoms with Crippen LogP contribution < -0.4 is 10.0 Å². The molecule has 14 heteroatoms. The van der Waals surface area contributed by atoms with Crippen LogP contribution in [-0.4, -0.2) is 83.6 Å². The smallest absolute Gasteiger partial charge is 0.355 e. The van der Waals surface area contributed by atoms with E-state index in [1.165, 1.54) is 11.0 Å². The summed E-state index contributed by atoms with van der Waals surface area (Å²) >= 11 is 0. The topological polar surface area (TPSA) is 170 Å². The summed E-state index contributed by atoms with van der Waals surface area (Å²) in [7, 11) is -2.10. The quantitative estimate of drug-likeness (QED) is 0.338. The van der Waals surface area contributed by atoms with Gasteiger partial charge in [-0.25, -0.2) is 13.2 Å². The summed E-state index contributed by atoms with van der Waals surface area (Å²) in [6.07, 6.45) is 4.61. The number of esters is 2. The minimum absolute atomic E-state index is 0.0615. The maximum absolute atomic E-state index is 13.9. The van der Waals surface area contributed by atoms with Crippen LogP contribution in [0.3, 0.4) is 0 Å². The second-order valence-corrected chi connectivity index (χ2v) is 16.9. The van der Waals surface area contributed by atoms with Crippen LogP contribution >= 0.6 is 0 Å². The van der Waals surface area contributed by atoms with Gasteiger partial charge in [0.2, 0.25) is 21.8 Å². The van der Waals surface area contributed by atoms with Gasteiger partial charge in [-0.1, -0.05) is 38.5 Å². The van der Waals surface area contributed by atoms with Gasteiger partial charge in [0, 0.05) is 36.7 Å². The number of cyclic esters (lactones) is 1. The van der Waals surface area contributed by atoms with E-state index in [4.69, 9.17) is 9.47 Å². The van der Waals surface area contributed by atoms with Crippen LogP contribution in [-0.2, 0) is 52.1 Å². The van der Waals surface area contributed by atoms with Crippen molar-refractivity contribution < 1.29 is 41.9 Å². The van der Waals surface area contributed by atoms with Gasteiger partial charge < -0.3 is 24.3 Å². The molecule has 3 fully saturated rings. The predicted octanol–water partition coefficient (Wildman–Crippen LogP) is 3.05. The minimum Gasteiger partial charge on any atom is -0.465 e. The van der Waals surface area contributed by atoms with E-state index in [0.717, 1.165) is 42.1 Å². The van der Waals surface area contributed by atoms with Gasteiger partial charge in [0.1, 0.15) is 23.4 Å². The predicted molar refractivity (Wildman–Crippen MR) is 183 cm³/mol. The number of fused-ring (bicyclic) bond motifs is 3. The number of nitrogens with one attached hydrogen (secondary N) is 2. The molecule has 50 heavy (non-hydrogen) atoms. The molecule has 0 spiro atoms. The van der Waals surface area contributed by atoms with Crippen molar-refractivity contribution in [2.24, 2.45) is 18.4 Å². The first-order valence-electron chi connectivity index (χ1n) is 17.4. The fourth-order valence-corrected chi connectivity index (χ4v) is 8.53. The molecular formula is C36H46N4O9S. The molecule has 3 heterocycles.